The molecule has 0 fully saturated rings. The average Bonchev–Trinajstić information content (AvgIpc) is 2.97. The molecule has 0 aliphatic heterocycles. The van der Waals surface area contributed by atoms with Gasteiger partial charge in [-0.3, -0.25) is 4.79 Å². The number of hydrogen-bond acceptors (Lipinski definition) is 4. The van der Waals surface area contributed by atoms with Crippen LogP contribution >= 0.6 is 11.8 Å². The van der Waals surface area contributed by atoms with Crippen LogP contribution in [0.5, 0.6) is 5.75 Å². The average molecular weight is 345 g/mol. The number of amides is 1. The predicted octanol–water partition coefficient (Wildman–Crippen LogP) is 3.83. The number of benzene rings is 2. The molecule has 3 aromatic rings. The van der Waals surface area contributed by atoms with Crippen LogP contribution in [-0.2, 0) is 4.79 Å². The second-order valence-electron chi connectivity index (χ2n) is 5.15. The second-order valence-corrected chi connectivity index (χ2v) is 6.48. The van der Waals surface area contributed by atoms with Gasteiger partial charge in [-0.25, -0.2) is 9.37 Å². The molecule has 0 unspecified atom stereocenters. The molecule has 0 saturated carbocycles. The molecule has 0 aliphatic rings. The number of fused-ring (bicyclic) bond motifs is 1. The van der Waals surface area contributed by atoms with Gasteiger partial charge in [0, 0.05) is 6.07 Å². The summed E-state index contributed by atoms with van der Waals surface area (Å²) in [5.74, 6) is -0.0185. The van der Waals surface area contributed by atoms with Gasteiger partial charge in [0.05, 0.1) is 29.1 Å². The Morgan fingerprint density at radius 1 is 1.33 bits per heavy atom. The molecule has 1 aromatic heterocycles. The Hall–Kier alpha value is -2.54. The molecule has 1 amide bonds. The van der Waals surface area contributed by atoms with Crippen molar-refractivity contribution in [3.8, 4) is 5.75 Å². The van der Waals surface area contributed by atoms with Gasteiger partial charge in [0.25, 0.3) is 0 Å². The molecule has 0 saturated heterocycles. The Balaban J connectivity index is 1.71. The van der Waals surface area contributed by atoms with E-state index in [2.05, 4.69) is 15.3 Å². The molecule has 7 heteroatoms. The largest absolute Gasteiger partial charge is 0.497 e. The van der Waals surface area contributed by atoms with Crippen LogP contribution in [0, 0.1) is 5.82 Å². The van der Waals surface area contributed by atoms with Crippen LogP contribution in [0.25, 0.3) is 11.0 Å². The molecule has 1 atom stereocenters. The fraction of sp³-hybridized carbons (Fsp3) is 0.176. The lowest BCUT2D eigenvalue weighted by atomic mass is 10.3. The number of aromatic nitrogens is 2. The number of hydrogen-bond donors (Lipinski definition) is 2. The standard InChI is InChI=1S/C17H16FN3O2S/c1-10(16(22)19-13-6-4-3-5-12(13)18)24-17-20-14-8-7-11(23-2)9-15(14)21-17/h3-10H,1-2H3,(H,19,22)(H,20,21)/t10-/m0/s1. The zero-order valence-corrected chi connectivity index (χ0v) is 14.0. The zero-order valence-electron chi connectivity index (χ0n) is 13.2. The van der Waals surface area contributed by atoms with Crippen LogP contribution < -0.4 is 10.1 Å². The first-order chi connectivity index (χ1) is 11.6. The Morgan fingerprint density at radius 2 is 2.12 bits per heavy atom. The number of carbonyl (C=O) groups is 1. The molecule has 124 valence electrons. The Morgan fingerprint density at radius 3 is 2.88 bits per heavy atom. The summed E-state index contributed by atoms with van der Waals surface area (Å²) in [5, 5.41) is 2.77. The van der Waals surface area contributed by atoms with E-state index in [4.69, 9.17) is 4.74 Å². The number of halogens is 1. The Bertz CT molecular complexity index is 881. The van der Waals surface area contributed by atoms with Crippen molar-refractivity contribution in [1.29, 1.82) is 0 Å². The number of methoxy groups -OCH3 is 1. The first-order valence-electron chi connectivity index (χ1n) is 7.32. The highest BCUT2D eigenvalue weighted by Gasteiger charge is 2.18. The molecule has 2 aromatic carbocycles. The van der Waals surface area contributed by atoms with E-state index in [1.807, 2.05) is 18.2 Å². The van der Waals surface area contributed by atoms with E-state index in [0.29, 0.717) is 5.16 Å². The SMILES string of the molecule is COc1ccc2nc(S[C@@H](C)C(=O)Nc3ccccc3F)[nH]c2c1. The fourth-order valence-electron chi connectivity index (χ4n) is 2.17. The van der Waals surface area contributed by atoms with Crippen LogP contribution in [0.2, 0.25) is 0 Å². The van der Waals surface area contributed by atoms with E-state index in [1.54, 1.807) is 26.2 Å². The first-order valence-corrected chi connectivity index (χ1v) is 8.20. The smallest absolute Gasteiger partial charge is 0.237 e. The normalized spacial score (nSPS) is 12.1. The number of H-pyrrole nitrogens is 1. The zero-order chi connectivity index (χ0) is 17.1. The summed E-state index contributed by atoms with van der Waals surface area (Å²) in [6, 6.07) is 11.6. The third kappa shape index (κ3) is 3.51. The minimum atomic E-state index is -0.459. The number of anilines is 1. The summed E-state index contributed by atoms with van der Waals surface area (Å²) in [6.07, 6.45) is 0. The van der Waals surface area contributed by atoms with Gasteiger partial charge in [-0.05, 0) is 31.2 Å². The number of imidazole rings is 1. The molecular weight excluding hydrogens is 329 g/mol. The number of aromatic amines is 1. The van der Waals surface area contributed by atoms with Gasteiger partial charge in [-0.1, -0.05) is 23.9 Å². The van der Waals surface area contributed by atoms with E-state index in [1.165, 1.54) is 23.9 Å². The van der Waals surface area contributed by atoms with Crippen molar-refractivity contribution in [1.82, 2.24) is 9.97 Å². The maximum Gasteiger partial charge on any atom is 0.237 e. The molecule has 5 nitrogen and oxygen atoms in total. The molecule has 0 aliphatic carbocycles. The van der Waals surface area contributed by atoms with Gasteiger partial charge < -0.3 is 15.0 Å². The second kappa shape index (κ2) is 6.92. The topological polar surface area (TPSA) is 67.0 Å². The van der Waals surface area contributed by atoms with Crippen molar-refractivity contribution in [2.24, 2.45) is 0 Å². The highest BCUT2D eigenvalue weighted by molar-refractivity contribution is 8.00. The van der Waals surface area contributed by atoms with Crippen molar-refractivity contribution >= 4 is 34.4 Å². The molecule has 1 heterocycles. The van der Waals surface area contributed by atoms with Crippen LogP contribution in [0.4, 0.5) is 10.1 Å². The fourth-order valence-corrected chi connectivity index (χ4v) is 2.99. The lowest BCUT2D eigenvalue weighted by molar-refractivity contribution is -0.115. The first kappa shape index (κ1) is 16.3. The maximum absolute atomic E-state index is 13.6. The summed E-state index contributed by atoms with van der Waals surface area (Å²) >= 11 is 1.27. The lowest BCUT2D eigenvalue weighted by Gasteiger charge is -2.10. The van der Waals surface area contributed by atoms with Crippen LogP contribution in [0.3, 0.4) is 0 Å². The van der Waals surface area contributed by atoms with E-state index in [9.17, 15) is 9.18 Å². The number of thioether (sulfide) groups is 1. The van der Waals surface area contributed by atoms with Crippen LogP contribution in [0.15, 0.2) is 47.6 Å². The van der Waals surface area contributed by atoms with Gasteiger partial charge >= 0.3 is 0 Å². The molecular formula is C17H16FN3O2S. The van der Waals surface area contributed by atoms with Crippen molar-refractivity contribution in [3.63, 3.8) is 0 Å². The van der Waals surface area contributed by atoms with Crippen molar-refractivity contribution in [3.05, 3.63) is 48.3 Å². The van der Waals surface area contributed by atoms with E-state index in [-0.39, 0.29) is 11.6 Å². The summed E-state index contributed by atoms with van der Waals surface area (Å²) in [6.45, 7) is 1.74. The maximum atomic E-state index is 13.6. The number of rotatable bonds is 5. The predicted molar refractivity (Wildman–Crippen MR) is 93.0 cm³/mol. The summed E-state index contributed by atoms with van der Waals surface area (Å²) in [4.78, 5) is 19.8. The highest BCUT2D eigenvalue weighted by Crippen LogP contribution is 2.26. The summed E-state index contributed by atoms with van der Waals surface area (Å²) < 4.78 is 18.8. The molecule has 0 bridgehead atoms. The third-order valence-electron chi connectivity index (χ3n) is 3.46. The minimum Gasteiger partial charge on any atom is -0.497 e. The van der Waals surface area contributed by atoms with E-state index < -0.39 is 11.1 Å². The Kier molecular flexibility index (Phi) is 4.71. The van der Waals surface area contributed by atoms with Crippen LogP contribution in [0.1, 0.15) is 6.92 Å². The van der Waals surface area contributed by atoms with Crippen molar-refractivity contribution in [2.45, 2.75) is 17.3 Å². The monoisotopic (exact) mass is 345 g/mol. The van der Waals surface area contributed by atoms with Gasteiger partial charge in [0.15, 0.2) is 5.16 Å². The quantitative estimate of drug-likeness (QED) is 0.690. The number of para-hydroxylation sites is 1. The highest BCUT2D eigenvalue weighted by atomic mass is 32.2. The Labute approximate surface area is 142 Å². The molecule has 24 heavy (non-hydrogen) atoms. The van der Waals surface area contributed by atoms with Gasteiger partial charge in [0.1, 0.15) is 11.6 Å². The van der Waals surface area contributed by atoms with Gasteiger partial charge in [-0.2, -0.15) is 0 Å². The number of carbonyl (C=O) groups excluding carboxylic acids is 1. The summed E-state index contributed by atoms with van der Waals surface area (Å²) in [5.41, 5.74) is 1.79. The number of ether oxygens (including phenoxy) is 1. The van der Waals surface area contributed by atoms with E-state index in [0.717, 1.165) is 16.8 Å². The number of nitrogens with one attached hydrogen (secondary N) is 2. The van der Waals surface area contributed by atoms with Crippen molar-refractivity contribution < 1.29 is 13.9 Å². The lowest BCUT2D eigenvalue weighted by Crippen LogP contribution is -2.23. The number of nitrogens with zero attached hydrogens (tertiary/aromatic N) is 1. The molecule has 0 spiro atoms. The van der Waals surface area contributed by atoms with Crippen LogP contribution in [-0.4, -0.2) is 28.2 Å². The van der Waals surface area contributed by atoms with Gasteiger partial charge in [-0.15, -0.1) is 0 Å². The molecule has 0 radical (unpaired) electrons. The van der Waals surface area contributed by atoms with E-state index >= 15 is 0 Å². The van der Waals surface area contributed by atoms with Gasteiger partial charge in [0.2, 0.25) is 5.91 Å². The molecule has 2 N–H and O–H groups in total. The molecule has 3 rings (SSSR count). The van der Waals surface area contributed by atoms with Crippen molar-refractivity contribution in [2.75, 3.05) is 12.4 Å². The minimum absolute atomic E-state index is 0.171. The third-order valence-corrected chi connectivity index (χ3v) is 4.44. The summed E-state index contributed by atoms with van der Waals surface area (Å²) in [7, 11) is 1.60.